The van der Waals surface area contributed by atoms with E-state index in [2.05, 4.69) is 27.4 Å². The molecule has 0 radical (unpaired) electrons. The first-order valence-corrected chi connectivity index (χ1v) is 8.31. The Balaban J connectivity index is 1.72. The molecule has 1 aromatic carbocycles. The van der Waals surface area contributed by atoms with E-state index in [9.17, 15) is 4.79 Å². The molecule has 1 aliphatic heterocycles. The third-order valence-electron chi connectivity index (χ3n) is 3.95. The molecule has 3 N–H and O–H groups in total. The number of nitrogens with one attached hydrogen (secondary N) is 1. The fourth-order valence-corrected chi connectivity index (χ4v) is 3.53. The minimum Gasteiger partial charge on any atom is -0.368 e. The Labute approximate surface area is 133 Å². The molecule has 2 aromatic rings. The maximum absolute atomic E-state index is 12.0. The van der Waals surface area contributed by atoms with Gasteiger partial charge in [-0.05, 0) is 18.2 Å². The molecule has 1 saturated heterocycles. The number of hydrogen-bond donors (Lipinski definition) is 2. The molecular formula is C15H21N5OS. The van der Waals surface area contributed by atoms with Crippen molar-refractivity contribution in [3.05, 3.63) is 18.2 Å². The first-order valence-electron chi connectivity index (χ1n) is 7.49. The number of fused-ring (bicyclic) bond motifs is 1. The van der Waals surface area contributed by atoms with Gasteiger partial charge in [0.1, 0.15) is 0 Å². The zero-order valence-electron chi connectivity index (χ0n) is 12.9. The van der Waals surface area contributed by atoms with Crippen molar-refractivity contribution in [3.63, 3.8) is 0 Å². The summed E-state index contributed by atoms with van der Waals surface area (Å²) in [5, 5.41) is 0.722. The van der Waals surface area contributed by atoms with Gasteiger partial charge < -0.3 is 9.80 Å². The van der Waals surface area contributed by atoms with E-state index in [1.54, 1.807) is 11.3 Å². The van der Waals surface area contributed by atoms with Crippen LogP contribution in [0.15, 0.2) is 18.2 Å². The van der Waals surface area contributed by atoms with Crippen LogP contribution in [0.3, 0.4) is 0 Å². The molecule has 6 nitrogen and oxygen atoms in total. The van der Waals surface area contributed by atoms with Gasteiger partial charge in [-0.2, -0.15) is 0 Å². The summed E-state index contributed by atoms with van der Waals surface area (Å²) in [5.41, 5.74) is 4.73. The Morgan fingerprint density at radius 2 is 2.05 bits per heavy atom. The van der Waals surface area contributed by atoms with Crippen LogP contribution in [-0.2, 0) is 4.79 Å². The van der Waals surface area contributed by atoms with Gasteiger partial charge in [0.25, 0.3) is 0 Å². The molecule has 0 aliphatic carbocycles. The normalized spacial score (nSPS) is 15.6. The van der Waals surface area contributed by atoms with Crippen LogP contribution >= 0.6 is 11.3 Å². The van der Waals surface area contributed by atoms with Crippen molar-refractivity contribution in [2.75, 3.05) is 36.5 Å². The van der Waals surface area contributed by atoms with Crippen LogP contribution in [0.4, 0.5) is 10.8 Å². The number of anilines is 2. The van der Waals surface area contributed by atoms with Crippen molar-refractivity contribution in [2.45, 2.75) is 13.8 Å². The summed E-state index contributed by atoms with van der Waals surface area (Å²) in [4.78, 5) is 20.7. The zero-order chi connectivity index (χ0) is 15.7. The molecule has 0 atom stereocenters. The smallest absolute Gasteiger partial charge is 0.225 e. The van der Waals surface area contributed by atoms with Gasteiger partial charge in [-0.25, -0.2) is 10.8 Å². The number of benzene rings is 1. The van der Waals surface area contributed by atoms with Gasteiger partial charge >= 0.3 is 0 Å². The highest BCUT2D eigenvalue weighted by molar-refractivity contribution is 7.22. The SMILES string of the molecule is CC(C)C(=O)N1CCN(c2ccc3nc(NN)sc3c2)CC1. The third-order valence-corrected chi connectivity index (χ3v) is 4.90. The molecular weight excluding hydrogens is 298 g/mol. The number of nitrogen functional groups attached to an aromatic ring is 1. The van der Waals surface area contributed by atoms with E-state index in [1.165, 1.54) is 5.69 Å². The molecule has 22 heavy (non-hydrogen) atoms. The molecule has 0 bridgehead atoms. The number of thiazole rings is 1. The number of carbonyl (C=O) groups excluding carboxylic acids is 1. The summed E-state index contributed by atoms with van der Waals surface area (Å²) in [6.45, 7) is 7.21. The van der Waals surface area contributed by atoms with E-state index < -0.39 is 0 Å². The van der Waals surface area contributed by atoms with Crippen LogP contribution in [0.2, 0.25) is 0 Å². The Morgan fingerprint density at radius 1 is 1.32 bits per heavy atom. The van der Waals surface area contributed by atoms with E-state index in [4.69, 9.17) is 5.84 Å². The highest BCUT2D eigenvalue weighted by Gasteiger charge is 2.23. The number of amides is 1. The lowest BCUT2D eigenvalue weighted by atomic mass is 10.1. The molecule has 1 fully saturated rings. The van der Waals surface area contributed by atoms with E-state index >= 15 is 0 Å². The van der Waals surface area contributed by atoms with Crippen molar-refractivity contribution in [2.24, 2.45) is 11.8 Å². The summed E-state index contributed by atoms with van der Waals surface area (Å²) in [7, 11) is 0. The number of carbonyl (C=O) groups is 1. The predicted molar refractivity (Wildman–Crippen MR) is 91.1 cm³/mol. The molecule has 0 unspecified atom stereocenters. The van der Waals surface area contributed by atoms with Gasteiger partial charge in [0, 0.05) is 37.8 Å². The maximum Gasteiger partial charge on any atom is 0.225 e. The number of piperazine rings is 1. The largest absolute Gasteiger partial charge is 0.368 e. The minimum atomic E-state index is 0.0716. The van der Waals surface area contributed by atoms with Crippen LogP contribution in [0, 0.1) is 5.92 Å². The molecule has 0 spiro atoms. The second-order valence-electron chi connectivity index (χ2n) is 5.78. The monoisotopic (exact) mass is 319 g/mol. The van der Waals surface area contributed by atoms with Gasteiger partial charge in [0.15, 0.2) is 5.13 Å². The summed E-state index contributed by atoms with van der Waals surface area (Å²) in [5.74, 6) is 5.73. The number of aromatic nitrogens is 1. The average Bonchev–Trinajstić information content (AvgIpc) is 2.96. The molecule has 0 saturated carbocycles. The van der Waals surface area contributed by atoms with Crippen LogP contribution < -0.4 is 16.2 Å². The Kier molecular flexibility index (Phi) is 4.17. The van der Waals surface area contributed by atoms with E-state index in [0.717, 1.165) is 41.5 Å². The van der Waals surface area contributed by atoms with Crippen LogP contribution in [-0.4, -0.2) is 42.0 Å². The number of hydrogen-bond acceptors (Lipinski definition) is 6. The topological polar surface area (TPSA) is 74.5 Å². The number of rotatable bonds is 3. The molecule has 7 heteroatoms. The number of hydrazine groups is 1. The summed E-state index contributed by atoms with van der Waals surface area (Å²) >= 11 is 1.55. The van der Waals surface area contributed by atoms with Gasteiger partial charge in [-0.1, -0.05) is 25.2 Å². The third kappa shape index (κ3) is 2.86. The van der Waals surface area contributed by atoms with Gasteiger partial charge in [0.05, 0.1) is 10.2 Å². The molecule has 118 valence electrons. The van der Waals surface area contributed by atoms with Crippen molar-refractivity contribution in [1.29, 1.82) is 0 Å². The summed E-state index contributed by atoms with van der Waals surface area (Å²) < 4.78 is 1.12. The van der Waals surface area contributed by atoms with Gasteiger partial charge in [-0.3, -0.25) is 10.2 Å². The molecule has 2 heterocycles. The Morgan fingerprint density at radius 3 is 2.68 bits per heavy atom. The lowest BCUT2D eigenvalue weighted by molar-refractivity contribution is -0.134. The van der Waals surface area contributed by atoms with Crippen LogP contribution in [0.25, 0.3) is 10.2 Å². The van der Waals surface area contributed by atoms with Crippen molar-refractivity contribution in [3.8, 4) is 0 Å². The zero-order valence-corrected chi connectivity index (χ0v) is 13.7. The van der Waals surface area contributed by atoms with Crippen LogP contribution in [0.5, 0.6) is 0 Å². The summed E-state index contributed by atoms with van der Waals surface area (Å²) in [6, 6.07) is 6.25. The highest BCUT2D eigenvalue weighted by Crippen LogP contribution is 2.29. The standard InChI is InChI=1S/C15H21N5OS/c1-10(2)14(21)20-7-5-19(6-8-20)11-3-4-12-13(9-11)22-15(17-12)18-16/h3-4,9-10H,5-8,16H2,1-2H3,(H,17,18). The molecule has 1 aromatic heterocycles. The summed E-state index contributed by atoms with van der Waals surface area (Å²) in [6.07, 6.45) is 0. The first kappa shape index (κ1) is 15.1. The minimum absolute atomic E-state index is 0.0716. The van der Waals surface area contributed by atoms with Crippen molar-refractivity contribution >= 4 is 38.3 Å². The van der Waals surface area contributed by atoms with Gasteiger partial charge in [-0.15, -0.1) is 0 Å². The number of nitrogens with zero attached hydrogens (tertiary/aromatic N) is 3. The second-order valence-corrected chi connectivity index (χ2v) is 6.81. The Hall–Kier alpha value is -1.86. The van der Waals surface area contributed by atoms with Crippen LogP contribution in [0.1, 0.15) is 13.8 Å². The number of nitrogens with two attached hydrogens (primary N) is 1. The van der Waals surface area contributed by atoms with E-state index in [1.807, 2.05) is 24.8 Å². The lowest BCUT2D eigenvalue weighted by Crippen LogP contribution is -2.49. The average molecular weight is 319 g/mol. The highest BCUT2D eigenvalue weighted by atomic mass is 32.1. The molecule has 1 amide bonds. The fraction of sp³-hybridized carbons (Fsp3) is 0.467. The fourth-order valence-electron chi connectivity index (χ4n) is 2.72. The Bertz CT molecular complexity index is 676. The maximum atomic E-state index is 12.0. The predicted octanol–water partition coefficient (Wildman–Crippen LogP) is 1.89. The first-order chi connectivity index (χ1) is 10.6. The van der Waals surface area contributed by atoms with E-state index in [-0.39, 0.29) is 11.8 Å². The van der Waals surface area contributed by atoms with Gasteiger partial charge in [0.2, 0.25) is 5.91 Å². The van der Waals surface area contributed by atoms with Crippen molar-refractivity contribution in [1.82, 2.24) is 9.88 Å². The van der Waals surface area contributed by atoms with Crippen molar-refractivity contribution < 1.29 is 4.79 Å². The van der Waals surface area contributed by atoms with E-state index in [0.29, 0.717) is 0 Å². The quantitative estimate of drug-likeness (QED) is 0.667. The molecule has 3 rings (SSSR count). The lowest BCUT2D eigenvalue weighted by Gasteiger charge is -2.36. The molecule has 1 aliphatic rings. The second kappa shape index (κ2) is 6.10.